The van der Waals surface area contributed by atoms with Crippen LogP contribution in [0.5, 0.6) is 0 Å². The SMILES string of the molecule is CCCCC(CC)COC(=O)C=C1C=C(c2ccccc2)CC1. The van der Waals surface area contributed by atoms with E-state index in [2.05, 4.69) is 32.1 Å². The summed E-state index contributed by atoms with van der Waals surface area (Å²) in [5, 5.41) is 0. The van der Waals surface area contributed by atoms with Crippen LogP contribution < -0.4 is 0 Å². The number of carbonyl (C=O) groups excluding carboxylic acids is 1. The second-order valence-corrected chi connectivity index (χ2v) is 6.30. The molecule has 0 spiro atoms. The van der Waals surface area contributed by atoms with E-state index in [1.54, 1.807) is 6.08 Å². The molecule has 0 saturated carbocycles. The third-order valence-electron chi connectivity index (χ3n) is 4.50. The maximum absolute atomic E-state index is 12.0. The summed E-state index contributed by atoms with van der Waals surface area (Å²) in [7, 11) is 0. The average Bonchev–Trinajstić information content (AvgIpc) is 3.04. The van der Waals surface area contributed by atoms with Gasteiger partial charge in [-0.3, -0.25) is 0 Å². The second kappa shape index (κ2) is 9.34. The minimum absolute atomic E-state index is 0.194. The molecule has 23 heavy (non-hydrogen) atoms. The lowest BCUT2D eigenvalue weighted by molar-refractivity contribution is -0.139. The van der Waals surface area contributed by atoms with E-state index in [4.69, 9.17) is 4.74 Å². The Labute approximate surface area is 140 Å². The highest BCUT2D eigenvalue weighted by molar-refractivity contribution is 5.85. The van der Waals surface area contributed by atoms with Gasteiger partial charge in [0.05, 0.1) is 6.61 Å². The van der Waals surface area contributed by atoms with Gasteiger partial charge in [-0.1, -0.05) is 69.5 Å². The Morgan fingerprint density at radius 3 is 2.70 bits per heavy atom. The van der Waals surface area contributed by atoms with Crippen molar-refractivity contribution in [2.75, 3.05) is 6.61 Å². The highest BCUT2D eigenvalue weighted by atomic mass is 16.5. The van der Waals surface area contributed by atoms with E-state index >= 15 is 0 Å². The zero-order valence-electron chi connectivity index (χ0n) is 14.4. The van der Waals surface area contributed by atoms with E-state index in [-0.39, 0.29) is 5.97 Å². The highest BCUT2D eigenvalue weighted by Crippen LogP contribution is 2.30. The zero-order chi connectivity index (χ0) is 16.5. The van der Waals surface area contributed by atoms with E-state index in [0.717, 1.165) is 31.3 Å². The number of allylic oxidation sites excluding steroid dienone is 3. The van der Waals surface area contributed by atoms with Crippen LogP contribution in [0.2, 0.25) is 0 Å². The Balaban J connectivity index is 1.87. The molecule has 1 aliphatic carbocycles. The van der Waals surface area contributed by atoms with Crippen LogP contribution in [-0.4, -0.2) is 12.6 Å². The molecule has 0 aliphatic heterocycles. The quantitative estimate of drug-likeness (QED) is 0.464. The minimum Gasteiger partial charge on any atom is -0.462 e. The van der Waals surface area contributed by atoms with E-state index in [0.29, 0.717) is 12.5 Å². The lowest BCUT2D eigenvalue weighted by Crippen LogP contribution is -2.12. The summed E-state index contributed by atoms with van der Waals surface area (Å²) < 4.78 is 5.45. The first-order valence-corrected chi connectivity index (χ1v) is 8.86. The summed E-state index contributed by atoms with van der Waals surface area (Å²) in [4.78, 5) is 12.0. The molecule has 0 aromatic heterocycles. The fourth-order valence-corrected chi connectivity index (χ4v) is 2.93. The standard InChI is InChI=1S/C21H28O2/c1-3-5-9-17(4-2)16-23-21(22)15-18-12-13-20(14-18)19-10-7-6-8-11-19/h6-8,10-11,14-15,17H,3-5,9,12-13,16H2,1-2H3. The molecule has 1 aliphatic rings. The molecule has 0 heterocycles. The van der Waals surface area contributed by atoms with Crippen molar-refractivity contribution in [2.24, 2.45) is 5.92 Å². The van der Waals surface area contributed by atoms with Gasteiger partial charge in [0.2, 0.25) is 0 Å². The van der Waals surface area contributed by atoms with Gasteiger partial charge in [0.25, 0.3) is 0 Å². The lowest BCUT2D eigenvalue weighted by atomic mass is 10.0. The lowest BCUT2D eigenvalue weighted by Gasteiger charge is -2.13. The first kappa shape index (κ1) is 17.5. The molecule has 0 N–H and O–H groups in total. The largest absolute Gasteiger partial charge is 0.462 e. The minimum atomic E-state index is -0.194. The monoisotopic (exact) mass is 312 g/mol. The smallest absolute Gasteiger partial charge is 0.331 e. The molecular formula is C21H28O2. The van der Waals surface area contributed by atoms with Crippen LogP contribution >= 0.6 is 0 Å². The Morgan fingerprint density at radius 1 is 1.22 bits per heavy atom. The first-order chi connectivity index (χ1) is 11.2. The van der Waals surface area contributed by atoms with Crippen LogP contribution in [0.3, 0.4) is 0 Å². The fraction of sp³-hybridized carbons (Fsp3) is 0.476. The van der Waals surface area contributed by atoms with E-state index in [1.807, 2.05) is 18.2 Å². The predicted molar refractivity (Wildman–Crippen MR) is 96.0 cm³/mol. The van der Waals surface area contributed by atoms with Crippen molar-refractivity contribution in [3.05, 3.63) is 53.6 Å². The Hall–Kier alpha value is -1.83. The van der Waals surface area contributed by atoms with Crippen LogP contribution in [0.15, 0.2) is 48.1 Å². The number of esters is 1. The molecule has 0 fully saturated rings. The predicted octanol–water partition coefficient (Wildman–Crippen LogP) is 5.55. The fourth-order valence-electron chi connectivity index (χ4n) is 2.93. The van der Waals surface area contributed by atoms with Crippen LogP contribution in [0.1, 0.15) is 57.9 Å². The van der Waals surface area contributed by atoms with Crippen molar-refractivity contribution >= 4 is 11.5 Å². The van der Waals surface area contributed by atoms with Gasteiger partial charge in [0, 0.05) is 6.08 Å². The van der Waals surface area contributed by atoms with E-state index < -0.39 is 0 Å². The van der Waals surface area contributed by atoms with Gasteiger partial charge in [-0.15, -0.1) is 0 Å². The summed E-state index contributed by atoms with van der Waals surface area (Å²) >= 11 is 0. The summed E-state index contributed by atoms with van der Waals surface area (Å²) in [6.07, 6.45) is 10.3. The summed E-state index contributed by atoms with van der Waals surface area (Å²) in [5.74, 6) is 0.303. The Bertz CT molecular complexity index is 554. The molecular weight excluding hydrogens is 284 g/mol. The number of hydrogen-bond donors (Lipinski definition) is 0. The van der Waals surface area contributed by atoms with Crippen LogP contribution in [0.4, 0.5) is 0 Å². The molecule has 0 radical (unpaired) electrons. The van der Waals surface area contributed by atoms with Gasteiger partial charge >= 0.3 is 5.97 Å². The molecule has 124 valence electrons. The van der Waals surface area contributed by atoms with Gasteiger partial charge in [-0.2, -0.15) is 0 Å². The maximum atomic E-state index is 12.0. The second-order valence-electron chi connectivity index (χ2n) is 6.30. The third-order valence-corrected chi connectivity index (χ3v) is 4.50. The number of hydrogen-bond acceptors (Lipinski definition) is 2. The molecule has 1 unspecified atom stereocenters. The Kier molecular flexibility index (Phi) is 7.12. The van der Waals surface area contributed by atoms with Gasteiger partial charge < -0.3 is 4.74 Å². The Morgan fingerprint density at radius 2 is 2.00 bits per heavy atom. The molecule has 0 bridgehead atoms. The highest BCUT2D eigenvalue weighted by Gasteiger charge is 2.13. The van der Waals surface area contributed by atoms with Crippen molar-refractivity contribution in [1.29, 1.82) is 0 Å². The summed E-state index contributed by atoms with van der Waals surface area (Å²) in [6, 6.07) is 10.4. The molecule has 2 heteroatoms. The normalized spacial score (nSPS) is 17.1. The van der Waals surface area contributed by atoms with Gasteiger partial charge in [0.15, 0.2) is 0 Å². The molecule has 1 aromatic rings. The number of benzene rings is 1. The number of rotatable bonds is 8. The maximum Gasteiger partial charge on any atom is 0.331 e. The van der Waals surface area contributed by atoms with E-state index in [9.17, 15) is 4.79 Å². The number of ether oxygens (including phenoxy) is 1. The van der Waals surface area contributed by atoms with Crippen molar-refractivity contribution in [1.82, 2.24) is 0 Å². The van der Waals surface area contributed by atoms with Crippen molar-refractivity contribution < 1.29 is 9.53 Å². The third kappa shape index (κ3) is 5.70. The molecule has 2 nitrogen and oxygen atoms in total. The van der Waals surface area contributed by atoms with Crippen LogP contribution in [-0.2, 0) is 9.53 Å². The summed E-state index contributed by atoms with van der Waals surface area (Å²) in [6.45, 7) is 4.91. The van der Waals surface area contributed by atoms with Gasteiger partial charge in [0.1, 0.15) is 0 Å². The van der Waals surface area contributed by atoms with Crippen LogP contribution in [0.25, 0.3) is 5.57 Å². The topological polar surface area (TPSA) is 26.3 Å². The van der Waals surface area contributed by atoms with Crippen LogP contribution in [0, 0.1) is 5.92 Å². The van der Waals surface area contributed by atoms with Crippen molar-refractivity contribution in [2.45, 2.75) is 52.4 Å². The molecule has 1 atom stereocenters. The molecule has 0 saturated heterocycles. The van der Waals surface area contributed by atoms with E-state index in [1.165, 1.54) is 24.0 Å². The zero-order valence-corrected chi connectivity index (χ0v) is 14.4. The summed E-state index contributed by atoms with van der Waals surface area (Å²) in [5.41, 5.74) is 3.63. The van der Waals surface area contributed by atoms with Gasteiger partial charge in [-0.05, 0) is 41.9 Å². The number of unbranched alkanes of at least 4 members (excludes halogenated alkanes) is 1. The molecule has 0 amide bonds. The molecule has 1 aromatic carbocycles. The first-order valence-electron chi connectivity index (χ1n) is 8.86. The number of carbonyl (C=O) groups is 1. The van der Waals surface area contributed by atoms with Crippen molar-refractivity contribution in [3.63, 3.8) is 0 Å². The van der Waals surface area contributed by atoms with Gasteiger partial charge in [-0.25, -0.2) is 4.79 Å². The molecule has 2 rings (SSSR count). The van der Waals surface area contributed by atoms with Crippen molar-refractivity contribution in [3.8, 4) is 0 Å². The average molecular weight is 312 g/mol.